The molecule has 0 atom stereocenters. The summed E-state index contributed by atoms with van der Waals surface area (Å²) in [4.78, 5) is 8.58. The van der Waals surface area contributed by atoms with Gasteiger partial charge in [0.2, 0.25) is 0 Å². The van der Waals surface area contributed by atoms with Crippen molar-refractivity contribution in [2.24, 2.45) is 5.73 Å². The SMILES string of the molecule is Cc1nc2ccccc2nc1C(=N)N. The zero-order valence-corrected chi connectivity index (χ0v) is 7.78. The Hall–Kier alpha value is -1.97. The van der Waals surface area contributed by atoms with Gasteiger partial charge in [0, 0.05) is 0 Å². The number of nitrogens with one attached hydrogen (secondary N) is 1. The fourth-order valence-electron chi connectivity index (χ4n) is 1.34. The Labute approximate surface area is 81.3 Å². The van der Waals surface area contributed by atoms with Crippen molar-refractivity contribution >= 4 is 16.9 Å². The quantitative estimate of drug-likeness (QED) is 0.519. The molecule has 0 radical (unpaired) electrons. The van der Waals surface area contributed by atoms with Crippen LogP contribution in [0.4, 0.5) is 0 Å². The lowest BCUT2D eigenvalue weighted by molar-refractivity contribution is 1.15. The van der Waals surface area contributed by atoms with Crippen LogP contribution >= 0.6 is 0 Å². The fraction of sp³-hybridized carbons (Fsp3) is 0.100. The highest BCUT2D eigenvalue weighted by molar-refractivity contribution is 5.95. The first kappa shape index (κ1) is 8.62. The van der Waals surface area contributed by atoms with Gasteiger partial charge in [-0.1, -0.05) is 12.1 Å². The van der Waals surface area contributed by atoms with E-state index in [-0.39, 0.29) is 5.84 Å². The topological polar surface area (TPSA) is 75.7 Å². The summed E-state index contributed by atoms with van der Waals surface area (Å²) in [7, 11) is 0. The van der Waals surface area contributed by atoms with Crippen LogP contribution in [0.1, 0.15) is 11.4 Å². The summed E-state index contributed by atoms with van der Waals surface area (Å²) < 4.78 is 0. The molecule has 0 saturated heterocycles. The van der Waals surface area contributed by atoms with Crippen LogP contribution in [0.2, 0.25) is 0 Å². The number of nitrogens with zero attached hydrogens (tertiary/aromatic N) is 2. The smallest absolute Gasteiger partial charge is 0.143 e. The second-order valence-electron chi connectivity index (χ2n) is 3.06. The van der Waals surface area contributed by atoms with E-state index < -0.39 is 0 Å². The number of hydrogen-bond donors (Lipinski definition) is 2. The van der Waals surface area contributed by atoms with Crippen molar-refractivity contribution in [2.45, 2.75) is 6.92 Å². The normalized spacial score (nSPS) is 10.4. The van der Waals surface area contributed by atoms with Gasteiger partial charge in [0.15, 0.2) is 0 Å². The molecular formula is C10H10N4. The first-order valence-electron chi connectivity index (χ1n) is 4.26. The van der Waals surface area contributed by atoms with E-state index in [2.05, 4.69) is 9.97 Å². The summed E-state index contributed by atoms with van der Waals surface area (Å²) in [6, 6.07) is 7.54. The molecule has 0 spiro atoms. The lowest BCUT2D eigenvalue weighted by atomic mass is 10.2. The maximum absolute atomic E-state index is 7.33. The molecule has 0 aliphatic carbocycles. The number of hydrogen-bond acceptors (Lipinski definition) is 3. The number of benzene rings is 1. The zero-order chi connectivity index (χ0) is 10.1. The van der Waals surface area contributed by atoms with Gasteiger partial charge in [-0.05, 0) is 19.1 Å². The van der Waals surface area contributed by atoms with E-state index in [1.165, 1.54) is 0 Å². The maximum Gasteiger partial charge on any atom is 0.143 e. The molecule has 0 aliphatic heterocycles. The number of nitrogen functional groups attached to an aromatic ring is 1. The number of amidine groups is 1. The molecule has 4 heteroatoms. The van der Waals surface area contributed by atoms with Crippen molar-refractivity contribution < 1.29 is 0 Å². The molecule has 4 nitrogen and oxygen atoms in total. The van der Waals surface area contributed by atoms with Crippen molar-refractivity contribution in [3.63, 3.8) is 0 Å². The largest absolute Gasteiger partial charge is 0.382 e. The second-order valence-corrected chi connectivity index (χ2v) is 3.06. The molecular weight excluding hydrogens is 176 g/mol. The molecule has 1 aromatic carbocycles. The van der Waals surface area contributed by atoms with Crippen LogP contribution in [-0.2, 0) is 0 Å². The van der Waals surface area contributed by atoms with Crippen molar-refractivity contribution in [3.05, 3.63) is 35.7 Å². The van der Waals surface area contributed by atoms with Crippen LogP contribution in [-0.4, -0.2) is 15.8 Å². The van der Waals surface area contributed by atoms with Gasteiger partial charge in [-0.3, -0.25) is 5.41 Å². The number of aryl methyl sites for hydroxylation is 1. The van der Waals surface area contributed by atoms with Crippen LogP contribution in [0, 0.1) is 12.3 Å². The number of para-hydroxylation sites is 2. The predicted molar refractivity (Wildman–Crippen MR) is 55.3 cm³/mol. The minimum absolute atomic E-state index is 0.0410. The minimum Gasteiger partial charge on any atom is -0.382 e. The molecule has 1 aromatic heterocycles. The van der Waals surface area contributed by atoms with Crippen LogP contribution in [0.5, 0.6) is 0 Å². The van der Waals surface area contributed by atoms with Crippen LogP contribution in [0.3, 0.4) is 0 Å². The molecule has 0 saturated carbocycles. The Kier molecular flexibility index (Phi) is 1.89. The van der Waals surface area contributed by atoms with Crippen molar-refractivity contribution in [1.29, 1.82) is 5.41 Å². The van der Waals surface area contributed by atoms with Crippen LogP contribution < -0.4 is 5.73 Å². The maximum atomic E-state index is 7.33. The van der Waals surface area contributed by atoms with E-state index in [1.807, 2.05) is 24.3 Å². The summed E-state index contributed by atoms with van der Waals surface area (Å²) in [5.41, 5.74) is 8.13. The molecule has 1 heterocycles. The summed E-state index contributed by atoms with van der Waals surface area (Å²) in [5.74, 6) is -0.0410. The number of rotatable bonds is 1. The van der Waals surface area contributed by atoms with Gasteiger partial charge in [-0.2, -0.15) is 0 Å². The highest BCUT2D eigenvalue weighted by atomic mass is 14.9. The molecule has 0 bridgehead atoms. The summed E-state index contributed by atoms with van der Waals surface area (Å²) >= 11 is 0. The van der Waals surface area contributed by atoms with E-state index >= 15 is 0 Å². The molecule has 0 fully saturated rings. The molecule has 14 heavy (non-hydrogen) atoms. The number of aromatic nitrogens is 2. The highest BCUT2D eigenvalue weighted by Gasteiger charge is 2.06. The van der Waals surface area contributed by atoms with Crippen molar-refractivity contribution in [1.82, 2.24) is 9.97 Å². The lowest BCUT2D eigenvalue weighted by Gasteiger charge is -2.03. The van der Waals surface area contributed by atoms with Gasteiger partial charge in [0.1, 0.15) is 11.5 Å². The van der Waals surface area contributed by atoms with Gasteiger partial charge in [-0.25, -0.2) is 9.97 Å². The van der Waals surface area contributed by atoms with E-state index in [1.54, 1.807) is 6.92 Å². The molecule has 3 N–H and O–H groups in total. The van der Waals surface area contributed by atoms with E-state index in [0.717, 1.165) is 11.0 Å². The highest BCUT2D eigenvalue weighted by Crippen LogP contribution is 2.11. The Morgan fingerprint density at radius 3 is 2.36 bits per heavy atom. The first-order valence-corrected chi connectivity index (χ1v) is 4.26. The first-order chi connectivity index (χ1) is 6.68. The van der Waals surface area contributed by atoms with Gasteiger partial charge >= 0.3 is 0 Å². The summed E-state index contributed by atoms with van der Waals surface area (Å²) in [5, 5.41) is 7.33. The van der Waals surface area contributed by atoms with Crippen LogP contribution in [0.15, 0.2) is 24.3 Å². The molecule has 2 rings (SSSR count). The molecule has 70 valence electrons. The zero-order valence-electron chi connectivity index (χ0n) is 7.78. The third-order valence-corrected chi connectivity index (χ3v) is 2.00. The third kappa shape index (κ3) is 1.31. The average molecular weight is 186 g/mol. The Morgan fingerprint density at radius 2 is 1.79 bits per heavy atom. The van der Waals surface area contributed by atoms with Gasteiger partial charge in [-0.15, -0.1) is 0 Å². The van der Waals surface area contributed by atoms with Crippen molar-refractivity contribution in [2.75, 3.05) is 0 Å². The van der Waals surface area contributed by atoms with E-state index in [0.29, 0.717) is 11.4 Å². The van der Waals surface area contributed by atoms with Crippen molar-refractivity contribution in [3.8, 4) is 0 Å². The lowest BCUT2D eigenvalue weighted by Crippen LogP contribution is -2.15. The minimum atomic E-state index is -0.0410. The van der Waals surface area contributed by atoms with E-state index in [9.17, 15) is 0 Å². The standard InChI is InChI=1S/C10H10N4/c1-6-9(10(11)12)14-8-5-3-2-4-7(8)13-6/h2-5H,1H3,(H3,11,12). The monoisotopic (exact) mass is 186 g/mol. The number of fused-ring (bicyclic) bond motifs is 1. The molecule has 0 unspecified atom stereocenters. The van der Waals surface area contributed by atoms with E-state index in [4.69, 9.17) is 11.1 Å². The predicted octanol–water partition coefficient (Wildman–Crippen LogP) is 1.22. The number of nitrogens with two attached hydrogens (primary N) is 1. The molecule has 2 aromatic rings. The second kappa shape index (κ2) is 3.06. The Balaban J connectivity index is 2.77. The fourth-order valence-corrected chi connectivity index (χ4v) is 1.34. The Morgan fingerprint density at radius 1 is 1.21 bits per heavy atom. The molecule has 0 aliphatic rings. The molecule has 0 amide bonds. The van der Waals surface area contributed by atoms with Gasteiger partial charge in [0.05, 0.1) is 16.7 Å². The summed E-state index contributed by atoms with van der Waals surface area (Å²) in [6.07, 6.45) is 0. The van der Waals surface area contributed by atoms with Gasteiger partial charge in [0.25, 0.3) is 0 Å². The summed E-state index contributed by atoms with van der Waals surface area (Å²) in [6.45, 7) is 1.80. The Bertz CT molecular complexity index is 504. The van der Waals surface area contributed by atoms with Crippen LogP contribution in [0.25, 0.3) is 11.0 Å². The van der Waals surface area contributed by atoms with Gasteiger partial charge < -0.3 is 5.73 Å². The average Bonchev–Trinajstić information content (AvgIpc) is 2.16. The third-order valence-electron chi connectivity index (χ3n) is 2.00.